The van der Waals surface area contributed by atoms with Gasteiger partial charge in [0.05, 0.1) is 18.9 Å². The van der Waals surface area contributed by atoms with Gasteiger partial charge in [-0.15, -0.1) is 0 Å². The topological polar surface area (TPSA) is 117 Å². The number of nitrogens with two attached hydrogens (primary N) is 1. The average Bonchev–Trinajstić information content (AvgIpc) is 3.41. The number of hydrogen-bond donors (Lipinski definition) is 1. The first kappa shape index (κ1) is 25.4. The highest BCUT2D eigenvalue weighted by atomic mass is 16.5. The number of nitrogen functional groups attached to an aromatic ring is 1. The zero-order valence-corrected chi connectivity index (χ0v) is 22.4. The fourth-order valence-electron chi connectivity index (χ4n) is 5.55. The highest BCUT2D eigenvalue weighted by Crippen LogP contribution is 2.39. The first-order valence-corrected chi connectivity index (χ1v) is 13.7. The molecule has 11 heteroatoms. The zero-order valence-electron chi connectivity index (χ0n) is 22.4. The molecule has 0 bridgehead atoms. The van der Waals surface area contributed by atoms with Gasteiger partial charge in [-0.25, -0.2) is 15.0 Å². The van der Waals surface area contributed by atoms with E-state index in [0.29, 0.717) is 19.2 Å². The summed E-state index contributed by atoms with van der Waals surface area (Å²) in [4.78, 5) is 39.0. The van der Waals surface area contributed by atoms with Crippen molar-refractivity contribution in [1.82, 2.24) is 29.7 Å². The maximum atomic E-state index is 11.6. The summed E-state index contributed by atoms with van der Waals surface area (Å²) in [5.74, 6) is 2.06. The Balaban J connectivity index is 1.25. The maximum absolute atomic E-state index is 11.6. The van der Waals surface area contributed by atoms with E-state index >= 15 is 0 Å². The van der Waals surface area contributed by atoms with Crippen LogP contribution in [0.15, 0.2) is 36.7 Å². The van der Waals surface area contributed by atoms with Gasteiger partial charge in [-0.1, -0.05) is 12.1 Å². The highest BCUT2D eigenvalue weighted by molar-refractivity contribution is 5.77. The van der Waals surface area contributed by atoms with Gasteiger partial charge in [0, 0.05) is 88.5 Å². The number of hydrogen-bond acceptors (Lipinski definition) is 10. The lowest BCUT2D eigenvalue weighted by Crippen LogP contribution is -2.48. The molecule has 1 amide bonds. The van der Waals surface area contributed by atoms with E-state index in [-0.39, 0.29) is 11.9 Å². The number of amides is 1. The van der Waals surface area contributed by atoms with E-state index in [1.165, 1.54) is 5.56 Å². The number of fused-ring (bicyclic) bond motifs is 1. The van der Waals surface area contributed by atoms with E-state index in [1.807, 2.05) is 4.90 Å². The molecule has 3 aliphatic rings. The molecular formula is C28H35N9O2. The Morgan fingerprint density at radius 1 is 1.00 bits per heavy atom. The average molecular weight is 530 g/mol. The molecule has 3 aromatic rings. The number of carbonyl (C=O) groups is 1. The van der Waals surface area contributed by atoms with Crippen LogP contribution in [0.5, 0.6) is 0 Å². The van der Waals surface area contributed by atoms with E-state index in [2.05, 4.69) is 48.9 Å². The van der Waals surface area contributed by atoms with Crippen LogP contribution in [0.25, 0.3) is 11.3 Å². The molecule has 1 aromatic carbocycles. The van der Waals surface area contributed by atoms with Gasteiger partial charge in [-0.3, -0.25) is 9.69 Å². The summed E-state index contributed by atoms with van der Waals surface area (Å²) in [6, 6.07) is 8.77. The first-order chi connectivity index (χ1) is 19.0. The monoisotopic (exact) mass is 529 g/mol. The van der Waals surface area contributed by atoms with Gasteiger partial charge in [0.25, 0.3) is 0 Å². The van der Waals surface area contributed by atoms with E-state index in [4.69, 9.17) is 20.4 Å². The van der Waals surface area contributed by atoms with Crippen molar-refractivity contribution in [2.75, 3.05) is 81.1 Å². The van der Waals surface area contributed by atoms with Crippen molar-refractivity contribution in [3.8, 4) is 11.3 Å². The standard InChI is InChI=1S/C28H35N9O2/c1-20(38)35-11-9-34(10-12-35)7-5-21-3-2-4-23(17-21)37-8-6-24-25(22-18-30-27(29)31-19-22)32-28(33-26(24)37)36-13-15-39-16-14-36/h2-4,17-19H,5-16H2,1H3,(H2,29,30,31). The molecule has 0 aliphatic carbocycles. The summed E-state index contributed by atoms with van der Waals surface area (Å²) >= 11 is 0. The number of nitrogens with zero attached hydrogens (tertiary/aromatic N) is 8. The second kappa shape index (κ2) is 11.1. The quantitative estimate of drug-likeness (QED) is 0.506. The fourth-order valence-corrected chi connectivity index (χ4v) is 5.55. The molecule has 39 heavy (non-hydrogen) atoms. The molecule has 0 saturated carbocycles. The van der Waals surface area contributed by atoms with Crippen LogP contribution in [0.1, 0.15) is 18.1 Å². The number of carbonyl (C=O) groups excluding carboxylic acids is 1. The number of benzene rings is 1. The lowest BCUT2D eigenvalue weighted by Gasteiger charge is -2.34. The van der Waals surface area contributed by atoms with Crippen molar-refractivity contribution in [1.29, 1.82) is 0 Å². The number of anilines is 4. The Hall–Kier alpha value is -3.83. The Kier molecular flexibility index (Phi) is 7.25. The van der Waals surface area contributed by atoms with Gasteiger partial charge in [-0.2, -0.15) is 4.98 Å². The predicted octanol–water partition coefficient (Wildman–Crippen LogP) is 1.75. The van der Waals surface area contributed by atoms with Crippen molar-refractivity contribution in [3.05, 3.63) is 47.8 Å². The lowest BCUT2D eigenvalue weighted by molar-refractivity contribution is -0.130. The van der Waals surface area contributed by atoms with Gasteiger partial charge < -0.3 is 25.2 Å². The van der Waals surface area contributed by atoms with Crippen molar-refractivity contribution >= 4 is 29.3 Å². The molecule has 2 aromatic heterocycles. The van der Waals surface area contributed by atoms with Crippen LogP contribution in [-0.2, 0) is 22.4 Å². The summed E-state index contributed by atoms with van der Waals surface area (Å²) in [6.07, 6.45) is 5.29. The minimum absolute atomic E-state index is 0.168. The van der Waals surface area contributed by atoms with E-state index < -0.39 is 0 Å². The third-order valence-electron chi connectivity index (χ3n) is 7.81. The van der Waals surface area contributed by atoms with Crippen LogP contribution >= 0.6 is 0 Å². The Morgan fingerprint density at radius 2 is 1.77 bits per heavy atom. The summed E-state index contributed by atoms with van der Waals surface area (Å²) in [6.45, 7) is 9.78. The van der Waals surface area contributed by atoms with Crippen LogP contribution in [0, 0.1) is 0 Å². The molecule has 11 nitrogen and oxygen atoms in total. The van der Waals surface area contributed by atoms with Gasteiger partial charge in [0.2, 0.25) is 17.8 Å². The third-order valence-corrected chi connectivity index (χ3v) is 7.81. The number of ether oxygens (including phenoxy) is 1. The van der Waals surface area contributed by atoms with E-state index in [1.54, 1.807) is 19.3 Å². The van der Waals surface area contributed by atoms with E-state index in [0.717, 1.165) is 93.5 Å². The molecule has 0 radical (unpaired) electrons. The SMILES string of the molecule is CC(=O)N1CCN(CCc2cccc(N3CCc4c(-c5cnc(N)nc5)nc(N5CCOCC5)nc43)c2)CC1. The predicted molar refractivity (Wildman–Crippen MR) is 150 cm³/mol. The Labute approximate surface area is 228 Å². The molecule has 2 fully saturated rings. The number of piperazine rings is 1. The van der Waals surface area contributed by atoms with Crippen molar-refractivity contribution in [2.24, 2.45) is 0 Å². The van der Waals surface area contributed by atoms with Gasteiger partial charge >= 0.3 is 0 Å². The molecule has 2 N–H and O–H groups in total. The minimum atomic E-state index is 0.168. The second-order valence-electron chi connectivity index (χ2n) is 10.3. The van der Waals surface area contributed by atoms with Gasteiger partial charge in [0.1, 0.15) is 5.82 Å². The Morgan fingerprint density at radius 3 is 2.51 bits per heavy atom. The van der Waals surface area contributed by atoms with E-state index in [9.17, 15) is 4.79 Å². The lowest BCUT2D eigenvalue weighted by atomic mass is 10.1. The van der Waals surface area contributed by atoms with Crippen molar-refractivity contribution in [2.45, 2.75) is 19.8 Å². The zero-order chi connectivity index (χ0) is 26.8. The minimum Gasteiger partial charge on any atom is -0.378 e. The molecule has 0 atom stereocenters. The molecule has 2 saturated heterocycles. The molecule has 6 rings (SSSR count). The molecule has 0 spiro atoms. The number of morpholine rings is 1. The third kappa shape index (κ3) is 5.50. The normalized spacial score (nSPS) is 17.9. The van der Waals surface area contributed by atoms with Crippen molar-refractivity contribution in [3.63, 3.8) is 0 Å². The van der Waals surface area contributed by atoms with Crippen LogP contribution in [0.3, 0.4) is 0 Å². The van der Waals surface area contributed by atoms with Crippen LogP contribution < -0.4 is 15.5 Å². The van der Waals surface area contributed by atoms with Crippen LogP contribution in [0.4, 0.5) is 23.4 Å². The Bertz CT molecular complexity index is 1320. The first-order valence-electron chi connectivity index (χ1n) is 13.7. The van der Waals surface area contributed by atoms with Crippen LogP contribution in [-0.4, -0.2) is 101 Å². The highest BCUT2D eigenvalue weighted by Gasteiger charge is 2.29. The molecule has 0 unspecified atom stereocenters. The largest absolute Gasteiger partial charge is 0.378 e. The summed E-state index contributed by atoms with van der Waals surface area (Å²) < 4.78 is 5.57. The second-order valence-corrected chi connectivity index (χ2v) is 10.3. The van der Waals surface area contributed by atoms with Gasteiger partial charge in [0.15, 0.2) is 0 Å². The molecule has 5 heterocycles. The smallest absolute Gasteiger partial charge is 0.228 e. The fraction of sp³-hybridized carbons (Fsp3) is 0.464. The molecule has 3 aliphatic heterocycles. The number of rotatable bonds is 6. The maximum Gasteiger partial charge on any atom is 0.228 e. The molecule has 204 valence electrons. The van der Waals surface area contributed by atoms with Crippen LogP contribution in [0.2, 0.25) is 0 Å². The van der Waals surface area contributed by atoms with Gasteiger partial charge in [-0.05, 0) is 30.5 Å². The summed E-state index contributed by atoms with van der Waals surface area (Å²) in [7, 11) is 0. The summed E-state index contributed by atoms with van der Waals surface area (Å²) in [5.41, 5.74) is 11.0. The summed E-state index contributed by atoms with van der Waals surface area (Å²) in [5, 5.41) is 0. The van der Waals surface area contributed by atoms with Crippen molar-refractivity contribution < 1.29 is 9.53 Å². The number of aromatic nitrogens is 4. The molecular weight excluding hydrogens is 494 g/mol.